The number of aryl methyl sites for hydroxylation is 1. The molecule has 1 aliphatic carbocycles. The van der Waals surface area contributed by atoms with Gasteiger partial charge < -0.3 is 10.2 Å². The molecule has 1 aromatic carbocycles. The van der Waals surface area contributed by atoms with Gasteiger partial charge in [0.05, 0.1) is 0 Å². The second kappa shape index (κ2) is 9.22. The Balaban J connectivity index is 1.56. The Morgan fingerprint density at radius 2 is 1.71 bits per heavy atom. The number of hydrogen-bond acceptors (Lipinski definition) is 2. The highest BCUT2D eigenvalue weighted by Crippen LogP contribution is 2.21. The summed E-state index contributed by atoms with van der Waals surface area (Å²) in [6, 6.07) is 9.84. The molecular weight excluding hydrogens is 256 g/mol. The zero-order chi connectivity index (χ0) is 14.9. The Morgan fingerprint density at radius 1 is 1.05 bits per heavy atom. The van der Waals surface area contributed by atoms with Crippen LogP contribution in [0.3, 0.4) is 0 Å². The SMILES string of the molecule is CCc1ccc(CNCCCN(C)C2CCCCC2)cc1. The molecule has 1 fully saturated rings. The van der Waals surface area contributed by atoms with Crippen LogP contribution in [0, 0.1) is 0 Å². The molecule has 0 bridgehead atoms. The normalized spacial score (nSPS) is 16.5. The van der Waals surface area contributed by atoms with Crippen molar-refractivity contribution in [3.8, 4) is 0 Å². The van der Waals surface area contributed by atoms with Crippen LogP contribution in [0.5, 0.6) is 0 Å². The molecule has 0 saturated heterocycles. The average Bonchev–Trinajstić information content (AvgIpc) is 2.55. The van der Waals surface area contributed by atoms with Crippen molar-refractivity contribution in [1.29, 1.82) is 0 Å². The summed E-state index contributed by atoms with van der Waals surface area (Å²) < 4.78 is 0. The minimum Gasteiger partial charge on any atom is -0.313 e. The van der Waals surface area contributed by atoms with Gasteiger partial charge in [-0.1, -0.05) is 50.5 Å². The Morgan fingerprint density at radius 3 is 2.38 bits per heavy atom. The smallest absolute Gasteiger partial charge is 0.0205 e. The second-order valence-corrected chi connectivity index (χ2v) is 6.47. The van der Waals surface area contributed by atoms with Crippen molar-refractivity contribution in [2.75, 3.05) is 20.1 Å². The van der Waals surface area contributed by atoms with Gasteiger partial charge in [0, 0.05) is 12.6 Å². The zero-order valence-electron chi connectivity index (χ0n) is 13.9. The number of nitrogens with zero attached hydrogens (tertiary/aromatic N) is 1. The summed E-state index contributed by atoms with van der Waals surface area (Å²) in [6.45, 7) is 5.55. The van der Waals surface area contributed by atoms with E-state index in [1.54, 1.807) is 0 Å². The third-order valence-corrected chi connectivity index (χ3v) is 4.82. The molecule has 1 saturated carbocycles. The van der Waals surface area contributed by atoms with Crippen molar-refractivity contribution >= 4 is 0 Å². The van der Waals surface area contributed by atoms with Crippen LogP contribution in [0.4, 0.5) is 0 Å². The lowest BCUT2D eigenvalue weighted by atomic mass is 9.94. The molecule has 0 aromatic heterocycles. The molecule has 2 nitrogen and oxygen atoms in total. The van der Waals surface area contributed by atoms with E-state index in [1.165, 1.54) is 56.2 Å². The largest absolute Gasteiger partial charge is 0.313 e. The van der Waals surface area contributed by atoms with Gasteiger partial charge in [-0.15, -0.1) is 0 Å². The topological polar surface area (TPSA) is 15.3 Å². The van der Waals surface area contributed by atoms with Crippen molar-refractivity contribution in [1.82, 2.24) is 10.2 Å². The first-order valence-electron chi connectivity index (χ1n) is 8.78. The minimum atomic E-state index is 0.848. The summed E-state index contributed by atoms with van der Waals surface area (Å²) in [5, 5.41) is 3.57. The number of benzene rings is 1. The monoisotopic (exact) mass is 288 g/mol. The van der Waals surface area contributed by atoms with E-state index in [-0.39, 0.29) is 0 Å². The molecule has 1 aromatic rings. The molecular formula is C19H32N2. The van der Waals surface area contributed by atoms with Crippen molar-refractivity contribution in [3.63, 3.8) is 0 Å². The quantitative estimate of drug-likeness (QED) is 0.728. The van der Waals surface area contributed by atoms with Crippen molar-refractivity contribution in [2.24, 2.45) is 0 Å². The lowest BCUT2D eigenvalue weighted by molar-refractivity contribution is 0.189. The van der Waals surface area contributed by atoms with E-state index in [2.05, 4.69) is 48.5 Å². The summed E-state index contributed by atoms with van der Waals surface area (Å²) >= 11 is 0. The maximum absolute atomic E-state index is 3.57. The van der Waals surface area contributed by atoms with Crippen LogP contribution in [0.2, 0.25) is 0 Å². The maximum atomic E-state index is 3.57. The van der Waals surface area contributed by atoms with Crippen LogP contribution in [0.1, 0.15) is 56.6 Å². The fourth-order valence-corrected chi connectivity index (χ4v) is 3.28. The predicted molar refractivity (Wildman–Crippen MR) is 91.6 cm³/mol. The van der Waals surface area contributed by atoms with Gasteiger partial charge in [-0.25, -0.2) is 0 Å². The fraction of sp³-hybridized carbons (Fsp3) is 0.684. The highest BCUT2D eigenvalue weighted by molar-refractivity contribution is 5.22. The molecule has 2 heteroatoms. The van der Waals surface area contributed by atoms with Crippen LogP contribution in [-0.2, 0) is 13.0 Å². The molecule has 0 radical (unpaired) electrons. The highest BCUT2D eigenvalue weighted by atomic mass is 15.1. The van der Waals surface area contributed by atoms with Gasteiger partial charge >= 0.3 is 0 Å². The van der Waals surface area contributed by atoms with E-state index in [9.17, 15) is 0 Å². The van der Waals surface area contributed by atoms with E-state index in [0.717, 1.165) is 25.6 Å². The van der Waals surface area contributed by atoms with Gasteiger partial charge in [-0.2, -0.15) is 0 Å². The number of nitrogens with one attached hydrogen (secondary N) is 1. The van der Waals surface area contributed by atoms with Crippen molar-refractivity contribution in [2.45, 2.75) is 64.5 Å². The summed E-state index contributed by atoms with van der Waals surface area (Å²) in [5.74, 6) is 0. The van der Waals surface area contributed by atoms with Gasteiger partial charge in [0.1, 0.15) is 0 Å². The summed E-state index contributed by atoms with van der Waals surface area (Å²) in [4.78, 5) is 2.58. The standard InChI is InChI=1S/C19H32N2/c1-3-17-10-12-18(13-11-17)16-20-14-7-15-21(2)19-8-5-4-6-9-19/h10-13,19-20H,3-9,14-16H2,1-2H3. The molecule has 0 aliphatic heterocycles. The van der Waals surface area contributed by atoms with Crippen LogP contribution in [-0.4, -0.2) is 31.1 Å². The third kappa shape index (κ3) is 5.80. The van der Waals surface area contributed by atoms with Gasteiger partial charge in [-0.05, 0) is 56.9 Å². The molecule has 118 valence electrons. The van der Waals surface area contributed by atoms with Crippen LogP contribution in [0.15, 0.2) is 24.3 Å². The fourth-order valence-electron chi connectivity index (χ4n) is 3.28. The second-order valence-electron chi connectivity index (χ2n) is 6.47. The average molecular weight is 288 g/mol. The van der Waals surface area contributed by atoms with E-state index < -0.39 is 0 Å². The van der Waals surface area contributed by atoms with E-state index in [0.29, 0.717) is 0 Å². The minimum absolute atomic E-state index is 0.848. The van der Waals surface area contributed by atoms with Gasteiger partial charge in [0.15, 0.2) is 0 Å². The van der Waals surface area contributed by atoms with Crippen LogP contribution < -0.4 is 5.32 Å². The molecule has 0 heterocycles. The first-order valence-corrected chi connectivity index (χ1v) is 8.78. The van der Waals surface area contributed by atoms with Crippen molar-refractivity contribution < 1.29 is 0 Å². The Bertz CT molecular complexity index is 379. The third-order valence-electron chi connectivity index (χ3n) is 4.82. The summed E-state index contributed by atoms with van der Waals surface area (Å²) in [7, 11) is 2.31. The van der Waals surface area contributed by atoms with Gasteiger partial charge in [-0.3, -0.25) is 0 Å². The highest BCUT2D eigenvalue weighted by Gasteiger charge is 2.16. The Labute approximate surface area is 130 Å². The first kappa shape index (κ1) is 16.5. The molecule has 0 unspecified atom stereocenters. The molecule has 1 N–H and O–H groups in total. The maximum Gasteiger partial charge on any atom is 0.0205 e. The number of rotatable bonds is 8. The summed E-state index contributed by atoms with van der Waals surface area (Å²) in [6.07, 6.45) is 9.51. The Kier molecular flexibility index (Phi) is 7.25. The van der Waals surface area contributed by atoms with E-state index in [4.69, 9.17) is 0 Å². The zero-order valence-corrected chi connectivity index (χ0v) is 13.9. The molecule has 2 rings (SSSR count). The van der Waals surface area contributed by atoms with Gasteiger partial charge in [0.2, 0.25) is 0 Å². The van der Waals surface area contributed by atoms with Crippen LogP contribution in [0.25, 0.3) is 0 Å². The van der Waals surface area contributed by atoms with E-state index >= 15 is 0 Å². The van der Waals surface area contributed by atoms with Crippen LogP contribution >= 0.6 is 0 Å². The van der Waals surface area contributed by atoms with Gasteiger partial charge in [0.25, 0.3) is 0 Å². The predicted octanol–water partition coefficient (Wildman–Crippen LogP) is 3.99. The molecule has 0 atom stereocenters. The van der Waals surface area contributed by atoms with E-state index in [1.807, 2.05) is 0 Å². The molecule has 0 amide bonds. The lowest BCUT2D eigenvalue weighted by Crippen LogP contribution is -2.35. The summed E-state index contributed by atoms with van der Waals surface area (Å²) in [5.41, 5.74) is 2.82. The first-order chi connectivity index (χ1) is 10.3. The Hall–Kier alpha value is -0.860. The molecule has 21 heavy (non-hydrogen) atoms. The lowest BCUT2D eigenvalue weighted by Gasteiger charge is -2.31. The molecule has 1 aliphatic rings. The van der Waals surface area contributed by atoms with Crippen molar-refractivity contribution in [3.05, 3.63) is 35.4 Å². The molecule has 0 spiro atoms. The number of hydrogen-bond donors (Lipinski definition) is 1.